The Morgan fingerprint density at radius 3 is 2.78 bits per heavy atom. The van der Waals surface area contributed by atoms with E-state index in [9.17, 15) is 14.0 Å². The third-order valence-corrected chi connectivity index (χ3v) is 4.75. The highest BCUT2D eigenvalue weighted by Crippen LogP contribution is 2.36. The number of fused-ring (bicyclic) bond motifs is 1. The molecule has 1 saturated carbocycles. The van der Waals surface area contributed by atoms with Gasteiger partial charge in [0.1, 0.15) is 5.82 Å². The number of nitrogens with one attached hydrogen (secondary N) is 1. The fourth-order valence-corrected chi connectivity index (χ4v) is 3.48. The lowest BCUT2D eigenvalue weighted by Crippen LogP contribution is -2.33. The van der Waals surface area contributed by atoms with Crippen LogP contribution in [-0.2, 0) is 16.1 Å². The first-order valence-corrected chi connectivity index (χ1v) is 8.06. The third-order valence-electron chi connectivity index (χ3n) is 4.75. The first-order valence-electron chi connectivity index (χ1n) is 8.06. The Morgan fingerprint density at radius 2 is 2.04 bits per heavy atom. The summed E-state index contributed by atoms with van der Waals surface area (Å²) >= 11 is 0. The highest BCUT2D eigenvalue weighted by atomic mass is 19.1. The SMILES string of the molecule is CN1C(=O)C(CC(=O)NCc2ccc(F)cc2)=C2CCCCC21. The second-order valence-corrected chi connectivity index (χ2v) is 6.26. The van der Waals surface area contributed by atoms with Crippen LogP contribution in [0.25, 0.3) is 0 Å². The number of nitrogens with zero attached hydrogens (tertiary/aromatic N) is 1. The molecule has 23 heavy (non-hydrogen) atoms. The normalized spacial score (nSPS) is 20.7. The average molecular weight is 316 g/mol. The molecule has 2 aliphatic rings. The molecule has 2 amide bonds. The van der Waals surface area contributed by atoms with E-state index in [-0.39, 0.29) is 30.1 Å². The third kappa shape index (κ3) is 3.28. The number of hydrogen-bond acceptors (Lipinski definition) is 2. The molecule has 122 valence electrons. The molecule has 0 aromatic heterocycles. The van der Waals surface area contributed by atoms with Gasteiger partial charge < -0.3 is 10.2 Å². The highest BCUT2D eigenvalue weighted by molar-refractivity contribution is 6.02. The molecule has 0 spiro atoms. The van der Waals surface area contributed by atoms with Gasteiger partial charge in [0.05, 0.1) is 12.5 Å². The van der Waals surface area contributed by atoms with Gasteiger partial charge in [0.2, 0.25) is 5.91 Å². The summed E-state index contributed by atoms with van der Waals surface area (Å²) in [4.78, 5) is 26.3. The van der Waals surface area contributed by atoms with E-state index in [2.05, 4.69) is 5.32 Å². The smallest absolute Gasteiger partial charge is 0.250 e. The second-order valence-electron chi connectivity index (χ2n) is 6.26. The van der Waals surface area contributed by atoms with Crippen molar-refractivity contribution in [2.24, 2.45) is 0 Å². The molecule has 1 atom stereocenters. The average Bonchev–Trinajstić information content (AvgIpc) is 2.80. The van der Waals surface area contributed by atoms with Crippen molar-refractivity contribution in [3.63, 3.8) is 0 Å². The Morgan fingerprint density at radius 1 is 1.30 bits per heavy atom. The van der Waals surface area contributed by atoms with Crippen LogP contribution in [0.1, 0.15) is 37.7 Å². The van der Waals surface area contributed by atoms with Crippen LogP contribution in [0, 0.1) is 5.82 Å². The topological polar surface area (TPSA) is 49.4 Å². The lowest BCUT2D eigenvalue weighted by Gasteiger charge is -2.26. The molecule has 4 nitrogen and oxygen atoms in total. The summed E-state index contributed by atoms with van der Waals surface area (Å²) in [6.45, 7) is 0.342. The molecule has 0 bridgehead atoms. The summed E-state index contributed by atoms with van der Waals surface area (Å²) in [5.74, 6) is -0.469. The highest BCUT2D eigenvalue weighted by Gasteiger charge is 2.38. The minimum atomic E-state index is -0.296. The minimum Gasteiger partial charge on any atom is -0.352 e. The Bertz CT molecular complexity index is 651. The van der Waals surface area contributed by atoms with Gasteiger partial charge in [-0.2, -0.15) is 0 Å². The standard InChI is InChI=1S/C18H21FN2O2/c1-21-16-5-3-2-4-14(16)15(18(21)23)10-17(22)20-11-12-6-8-13(19)9-7-12/h6-9,16H,2-5,10-11H2,1H3,(H,20,22). The first-order chi connectivity index (χ1) is 11.1. The maximum absolute atomic E-state index is 12.9. The van der Waals surface area contributed by atoms with Crippen molar-refractivity contribution in [2.45, 2.75) is 44.7 Å². The van der Waals surface area contributed by atoms with Crippen molar-refractivity contribution in [3.8, 4) is 0 Å². The van der Waals surface area contributed by atoms with Crippen LogP contribution in [-0.4, -0.2) is 29.8 Å². The molecule has 0 saturated heterocycles. The fourth-order valence-electron chi connectivity index (χ4n) is 3.48. The van der Waals surface area contributed by atoms with Gasteiger partial charge in [-0.1, -0.05) is 18.6 Å². The quantitative estimate of drug-likeness (QED) is 0.928. The van der Waals surface area contributed by atoms with Crippen LogP contribution in [0.2, 0.25) is 0 Å². The molecular formula is C18H21FN2O2. The van der Waals surface area contributed by atoms with Gasteiger partial charge >= 0.3 is 0 Å². The molecule has 1 heterocycles. The monoisotopic (exact) mass is 316 g/mol. The molecule has 1 unspecified atom stereocenters. The van der Waals surface area contributed by atoms with E-state index in [1.165, 1.54) is 12.1 Å². The summed E-state index contributed by atoms with van der Waals surface area (Å²) in [5.41, 5.74) is 2.66. The van der Waals surface area contributed by atoms with Crippen molar-refractivity contribution in [2.75, 3.05) is 7.05 Å². The van der Waals surface area contributed by atoms with E-state index in [4.69, 9.17) is 0 Å². The zero-order valence-corrected chi connectivity index (χ0v) is 13.3. The van der Waals surface area contributed by atoms with Crippen LogP contribution in [0.15, 0.2) is 35.4 Å². The molecule has 3 rings (SSSR count). The van der Waals surface area contributed by atoms with Crippen LogP contribution < -0.4 is 5.32 Å². The molecule has 1 N–H and O–H groups in total. The molecule has 1 aromatic rings. The van der Waals surface area contributed by atoms with Crippen molar-refractivity contribution < 1.29 is 14.0 Å². The Balaban J connectivity index is 1.62. The Labute approximate surface area is 135 Å². The Kier molecular flexibility index (Phi) is 4.46. The predicted octanol–water partition coefficient (Wildman–Crippen LogP) is 2.54. The van der Waals surface area contributed by atoms with Gasteiger partial charge in [-0.05, 0) is 42.5 Å². The molecule has 1 aliphatic heterocycles. The van der Waals surface area contributed by atoms with E-state index >= 15 is 0 Å². The molecule has 5 heteroatoms. The van der Waals surface area contributed by atoms with Crippen molar-refractivity contribution >= 4 is 11.8 Å². The van der Waals surface area contributed by atoms with Crippen molar-refractivity contribution in [1.29, 1.82) is 0 Å². The number of carbonyl (C=O) groups is 2. The largest absolute Gasteiger partial charge is 0.352 e. The summed E-state index contributed by atoms with van der Waals surface area (Å²) in [7, 11) is 1.82. The van der Waals surface area contributed by atoms with Gasteiger partial charge in [-0.25, -0.2) is 4.39 Å². The number of rotatable bonds is 4. The fraction of sp³-hybridized carbons (Fsp3) is 0.444. The molecule has 0 radical (unpaired) electrons. The summed E-state index contributed by atoms with van der Waals surface area (Å²) in [5, 5.41) is 2.81. The maximum Gasteiger partial charge on any atom is 0.250 e. The number of carbonyl (C=O) groups excluding carboxylic acids is 2. The van der Waals surface area contributed by atoms with Crippen LogP contribution in [0.3, 0.4) is 0 Å². The lowest BCUT2D eigenvalue weighted by molar-refractivity contribution is -0.128. The predicted molar refractivity (Wildman–Crippen MR) is 84.9 cm³/mol. The number of benzene rings is 1. The lowest BCUT2D eigenvalue weighted by atomic mass is 9.88. The van der Waals surface area contributed by atoms with Crippen LogP contribution in [0.5, 0.6) is 0 Å². The number of hydrogen-bond donors (Lipinski definition) is 1. The number of likely N-dealkylation sites (N-methyl/N-ethyl adjacent to an activating group) is 1. The summed E-state index contributed by atoms with van der Waals surface area (Å²) < 4.78 is 12.9. The van der Waals surface area contributed by atoms with E-state index in [1.54, 1.807) is 17.0 Å². The zero-order chi connectivity index (χ0) is 16.4. The number of halogens is 1. The molecule has 1 aliphatic carbocycles. The summed E-state index contributed by atoms with van der Waals surface area (Å²) in [6.07, 6.45) is 4.28. The van der Waals surface area contributed by atoms with E-state index in [1.807, 2.05) is 7.05 Å². The van der Waals surface area contributed by atoms with E-state index in [0.29, 0.717) is 12.1 Å². The first kappa shape index (κ1) is 15.7. The van der Waals surface area contributed by atoms with Crippen LogP contribution in [0.4, 0.5) is 4.39 Å². The second kappa shape index (κ2) is 6.52. The van der Waals surface area contributed by atoms with Gasteiger partial charge in [-0.3, -0.25) is 9.59 Å². The minimum absolute atomic E-state index is 0.0103. The van der Waals surface area contributed by atoms with Crippen LogP contribution >= 0.6 is 0 Å². The van der Waals surface area contributed by atoms with Crippen molar-refractivity contribution in [1.82, 2.24) is 10.2 Å². The molecular weight excluding hydrogens is 295 g/mol. The maximum atomic E-state index is 12.9. The van der Waals surface area contributed by atoms with Crippen molar-refractivity contribution in [3.05, 3.63) is 46.8 Å². The van der Waals surface area contributed by atoms with Gasteiger partial charge in [0.25, 0.3) is 5.91 Å². The zero-order valence-electron chi connectivity index (χ0n) is 13.3. The Hall–Kier alpha value is -2.17. The van der Waals surface area contributed by atoms with E-state index in [0.717, 1.165) is 36.8 Å². The van der Waals surface area contributed by atoms with Gasteiger partial charge in [0, 0.05) is 19.2 Å². The van der Waals surface area contributed by atoms with E-state index < -0.39 is 0 Å². The summed E-state index contributed by atoms with van der Waals surface area (Å²) in [6, 6.07) is 6.21. The van der Waals surface area contributed by atoms with Gasteiger partial charge in [-0.15, -0.1) is 0 Å². The number of amides is 2. The molecule has 1 aromatic carbocycles. The van der Waals surface area contributed by atoms with Gasteiger partial charge in [0.15, 0.2) is 0 Å². The molecule has 1 fully saturated rings.